The van der Waals surface area contributed by atoms with Gasteiger partial charge in [-0.2, -0.15) is 26.7 Å². The third-order valence-electron chi connectivity index (χ3n) is 4.52. The summed E-state index contributed by atoms with van der Waals surface area (Å²) < 4.78 is 80.1. The quantitative estimate of drug-likeness (QED) is 0.322. The predicted molar refractivity (Wildman–Crippen MR) is 94.3 cm³/mol. The van der Waals surface area contributed by atoms with Gasteiger partial charge in [0.1, 0.15) is 17.2 Å². The Labute approximate surface area is 170 Å². The molecular weight excluding hydrogens is 450 g/mol. The minimum Gasteiger partial charge on any atom is -0.477 e. The lowest BCUT2D eigenvalue weighted by Gasteiger charge is -2.21. The molecule has 0 radical (unpaired) electrons. The molecular formula is C16H11F4N5O5S. The molecule has 1 aliphatic rings. The summed E-state index contributed by atoms with van der Waals surface area (Å²) in [5.41, 5.74) is -7.39. The van der Waals surface area contributed by atoms with Crippen molar-refractivity contribution in [2.24, 2.45) is 0 Å². The molecule has 1 saturated carbocycles. The van der Waals surface area contributed by atoms with E-state index in [9.17, 15) is 35.9 Å². The number of carboxylic acids is 1. The molecule has 1 fully saturated rings. The van der Waals surface area contributed by atoms with Crippen molar-refractivity contribution in [2.45, 2.75) is 23.9 Å². The fourth-order valence-corrected chi connectivity index (χ4v) is 3.34. The molecule has 10 nitrogen and oxygen atoms in total. The van der Waals surface area contributed by atoms with E-state index in [0.717, 1.165) is 12.3 Å². The van der Waals surface area contributed by atoms with Crippen LogP contribution in [0.3, 0.4) is 0 Å². The first-order valence-corrected chi connectivity index (χ1v) is 9.85. The molecule has 0 unspecified atom stereocenters. The number of carboxylic acid groups (broad SMARTS) is 1. The maximum absolute atomic E-state index is 13.8. The van der Waals surface area contributed by atoms with Crippen molar-refractivity contribution in [3.05, 3.63) is 47.7 Å². The number of carbonyl (C=O) groups is 1. The van der Waals surface area contributed by atoms with Crippen LogP contribution in [0.4, 0.5) is 23.4 Å². The fourth-order valence-electron chi connectivity index (χ4n) is 2.91. The van der Waals surface area contributed by atoms with Crippen LogP contribution in [0.1, 0.15) is 28.8 Å². The van der Waals surface area contributed by atoms with Crippen LogP contribution in [0, 0.1) is 5.82 Å². The van der Waals surface area contributed by atoms with Gasteiger partial charge in [0, 0.05) is 11.8 Å². The molecule has 3 aromatic rings. The second-order valence-electron chi connectivity index (χ2n) is 6.64. The van der Waals surface area contributed by atoms with Crippen molar-refractivity contribution in [2.75, 3.05) is 5.32 Å². The van der Waals surface area contributed by atoms with Crippen molar-refractivity contribution in [3.8, 4) is 5.88 Å². The zero-order valence-electron chi connectivity index (χ0n) is 15.1. The zero-order valence-corrected chi connectivity index (χ0v) is 15.9. The van der Waals surface area contributed by atoms with Gasteiger partial charge in [0.2, 0.25) is 5.88 Å². The number of fused-ring (bicyclic) bond motifs is 1. The largest absolute Gasteiger partial charge is 0.534 e. The molecule has 0 bridgehead atoms. The van der Waals surface area contributed by atoms with Crippen LogP contribution in [0.5, 0.6) is 5.88 Å². The van der Waals surface area contributed by atoms with E-state index in [1.165, 1.54) is 16.8 Å². The molecule has 1 aliphatic carbocycles. The third kappa shape index (κ3) is 3.71. The summed E-state index contributed by atoms with van der Waals surface area (Å²) in [6, 6.07) is 2.22. The van der Waals surface area contributed by atoms with E-state index in [0.29, 0.717) is 6.20 Å². The van der Waals surface area contributed by atoms with Gasteiger partial charge in [0.05, 0.1) is 17.9 Å². The Hall–Kier alpha value is -3.49. The Bertz CT molecular complexity index is 1300. The van der Waals surface area contributed by atoms with Gasteiger partial charge in [-0.05, 0) is 25.0 Å². The lowest BCUT2D eigenvalue weighted by atomic mass is 10.1. The van der Waals surface area contributed by atoms with Crippen LogP contribution in [0.15, 0.2) is 30.7 Å². The first kappa shape index (κ1) is 20.8. The zero-order chi connectivity index (χ0) is 22.6. The molecule has 2 N–H and O–H groups in total. The predicted octanol–water partition coefficient (Wildman–Crippen LogP) is 2.29. The maximum atomic E-state index is 13.8. The Kier molecular flexibility index (Phi) is 4.53. The van der Waals surface area contributed by atoms with Crippen LogP contribution < -0.4 is 9.50 Å². The number of halogens is 4. The van der Waals surface area contributed by atoms with Crippen molar-refractivity contribution in [1.29, 1.82) is 0 Å². The van der Waals surface area contributed by atoms with Gasteiger partial charge < -0.3 is 14.6 Å². The summed E-state index contributed by atoms with van der Waals surface area (Å²) in [7, 11) is -6.03. The molecule has 4 rings (SSSR count). The van der Waals surface area contributed by atoms with Gasteiger partial charge >= 0.3 is 21.6 Å². The van der Waals surface area contributed by atoms with E-state index in [1.807, 2.05) is 0 Å². The summed E-state index contributed by atoms with van der Waals surface area (Å²) in [5.74, 6) is -3.03. The maximum Gasteiger partial charge on any atom is 0.534 e. The first-order chi connectivity index (χ1) is 14.4. The molecule has 31 heavy (non-hydrogen) atoms. The molecule has 0 amide bonds. The Morgan fingerprint density at radius 3 is 2.61 bits per heavy atom. The molecule has 15 heteroatoms. The van der Waals surface area contributed by atoms with Crippen molar-refractivity contribution in [1.82, 2.24) is 19.6 Å². The van der Waals surface area contributed by atoms with Crippen LogP contribution in [0.25, 0.3) is 5.65 Å². The van der Waals surface area contributed by atoms with Crippen LogP contribution in [-0.4, -0.2) is 44.6 Å². The number of alkyl halides is 3. The highest BCUT2D eigenvalue weighted by atomic mass is 32.2. The van der Waals surface area contributed by atoms with Crippen LogP contribution in [-0.2, 0) is 15.7 Å². The number of pyridine rings is 1. The third-order valence-corrected chi connectivity index (χ3v) is 5.47. The van der Waals surface area contributed by atoms with Crippen molar-refractivity contribution < 1.29 is 40.1 Å². The van der Waals surface area contributed by atoms with Crippen molar-refractivity contribution >= 4 is 27.6 Å². The van der Waals surface area contributed by atoms with Gasteiger partial charge in [-0.15, -0.1) is 0 Å². The fraction of sp³-hybridized carbons (Fsp3) is 0.250. The highest BCUT2D eigenvalue weighted by Crippen LogP contribution is 2.51. The van der Waals surface area contributed by atoms with E-state index in [1.54, 1.807) is 0 Å². The molecule has 0 atom stereocenters. The first-order valence-electron chi connectivity index (χ1n) is 8.44. The van der Waals surface area contributed by atoms with E-state index in [-0.39, 0.29) is 35.4 Å². The van der Waals surface area contributed by atoms with Gasteiger partial charge in [0.15, 0.2) is 5.65 Å². The number of hydrogen-bond acceptors (Lipinski definition) is 8. The highest BCUT2D eigenvalue weighted by Gasteiger charge is 2.52. The average molecular weight is 461 g/mol. The topological polar surface area (TPSA) is 136 Å². The minimum atomic E-state index is -6.03. The standard InChI is InChI=1S/C16H11F4N5O5S/c17-8-5-10(13(21-6-8)30-31(28,29)16(18,19)20)15(2-3-15)24-11-1-4-25-12(23-11)9(7-22-25)14(26)27/h1,4-7H,2-3H2,(H,23,24)(H,26,27). The molecule has 3 heterocycles. The van der Waals surface area contributed by atoms with E-state index >= 15 is 0 Å². The molecule has 0 saturated heterocycles. The number of nitrogens with zero attached hydrogens (tertiary/aromatic N) is 4. The number of rotatable bonds is 6. The van der Waals surface area contributed by atoms with Gasteiger partial charge in [0.25, 0.3) is 0 Å². The van der Waals surface area contributed by atoms with E-state index in [2.05, 4.69) is 24.6 Å². The Balaban J connectivity index is 1.72. The number of anilines is 1. The summed E-state index contributed by atoms with van der Waals surface area (Å²) >= 11 is 0. The van der Waals surface area contributed by atoms with Gasteiger partial charge in [-0.1, -0.05) is 0 Å². The van der Waals surface area contributed by atoms with E-state index in [4.69, 9.17) is 0 Å². The lowest BCUT2D eigenvalue weighted by Crippen LogP contribution is -2.30. The summed E-state index contributed by atoms with van der Waals surface area (Å²) in [4.78, 5) is 18.8. The van der Waals surface area contributed by atoms with Gasteiger partial charge in [-0.25, -0.2) is 23.7 Å². The second-order valence-corrected chi connectivity index (χ2v) is 8.18. The number of hydrogen-bond donors (Lipinski definition) is 2. The Morgan fingerprint density at radius 2 is 2.00 bits per heavy atom. The number of aromatic carboxylic acids is 1. The number of nitrogens with one attached hydrogen (secondary N) is 1. The summed E-state index contributed by atoms with van der Waals surface area (Å²) in [6.45, 7) is 0. The summed E-state index contributed by atoms with van der Waals surface area (Å²) in [6.07, 6.45) is 3.53. The van der Waals surface area contributed by atoms with Gasteiger partial charge in [-0.3, -0.25) is 0 Å². The summed E-state index contributed by atoms with van der Waals surface area (Å²) in [5, 5.41) is 15.9. The minimum absolute atomic E-state index is 0.0122. The molecule has 0 spiro atoms. The monoisotopic (exact) mass is 461 g/mol. The molecule has 0 aromatic carbocycles. The van der Waals surface area contributed by atoms with Crippen molar-refractivity contribution in [3.63, 3.8) is 0 Å². The molecule has 164 valence electrons. The SMILES string of the molecule is O=C(O)c1cnn2ccc(NC3(c4cc(F)cnc4OS(=O)(=O)C(F)(F)F)CC3)nc12. The second kappa shape index (κ2) is 6.76. The lowest BCUT2D eigenvalue weighted by molar-refractivity contribution is -0.0501. The normalized spacial score (nSPS) is 15.6. The molecule has 0 aliphatic heterocycles. The highest BCUT2D eigenvalue weighted by molar-refractivity contribution is 7.87. The van der Waals surface area contributed by atoms with Crippen LogP contribution >= 0.6 is 0 Å². The van der Waals surface area contributed by atoms with Crippen LogP contribution in [0.2, 0.25) is 0 Å². The smallest absolute Gasteiger partial charge is 0.477 e. The molecule has 3 aromatic heterocycles. The van der Waals surface area contributed by atoms with E-state index < -0.39 is 38.8 Å². The average Bonchev–Trinajstić information content (AvgIpc) is 3.31. The number of aromatic nitrogens is 4. The Morgan fingerprint density at radius 1 is 1.29 bits per heavy atom.